The van der Waals surface area contributed by atoms with E-state index in [-0.39, 0.29) is 5.69 Å². The van der Waals surface area contributed by atoms with Crippen LogP contribution in [0.3, 0.4) is 0 Å². The highest BCUT2D eigenvalue weighted by molar-refractivity contribution is 7.09. The largest absolute Gasteiger partial charge is 0.476 e. The highest BCUT2D eigenvalue weighted by Crippen LogP contribution is 2.16. The van der Waals surface area contributed by atoms with Crippen molar-refractivity contribution in [3.63, 3.8) is 0 Å². The first kappa shape index (κ1) is 10.6. The zero-order valence-electron chi connectivity index (χ0n) is 8.40. The Morgan fingerprint density at radius 2 is 2.53 bits per heavy atom. The Bertz CT molecular complexity index is 345. The van der Waals surface area contributed by atoms with E-state index in [1.165, 1.54) is 30.6 Å². The second kappa shape index (κ2) is 4.72. The summed E-state index contributed by atoms with van der Waals surface area (Å²) in [6.07, 6.45) is 4.53. The fraction of sp³-hybridized carbons (Fsp3) is 0.600. The van der Waals surface area contributed by atoms with Gasteiger partial charge in [-0.2, -0.15) is 0 Å². The molecule has 0 radical (unpaired) electrons. The summed E-state index contributed by atoms with van der Waals surface area (Å²) in [6, 6.07) is 0.478. The van der Waals surface area contributed by atoms with Crippen molar-refractivity contribution in [3.8, 4) is 0 Å². The van der Waals surface area contributed by atoms with Gasteiger partial charge < -0.3 is 10.4 Å². The third-order valence-electron chi connectivity index (χ3n) is 2.60. The maximum atomic E-state index is 10.6. The number of thiazole rings is 1. The van der Waals surface area contributed by atoms with Crippen LogP contribution in [-0.4, -0.2) is 28.6 Å². The van der Waals surface area contributed by atoms with Crippen molar-refractivity contribution >= 4 is 17.3 Å². The van der Waals surface area contributed by atoms with Gasteiger partial charge in [-0.25, -0.2) is 9.78 Å². The lowest BCUT2D eigenvalue weighted by Gasteiger charge is -2.22. The van der Waals surface area contributed by atoms with Crippen molar-refractivity contribution < 1.29 is 9.90 Å². The third kappa shape index (κ3) is 2.76. The standard InChI is InChI=1S/C10H14N2O2S/c13-10(14)8-6-15-9(12-8)5-7-3-1-2-4-11-7/h6-7,11H,1-5H2,(H,13,14). The Kier molecular flexibility index (Phi) is 3.33. The number of rotatable bonds is 3. The molecule has 15 heavy (non-hydrogen) atoms. The molecule has 1 aliphatic heterocycles. The van der Waals surface area contributed by atoms with E-state index in [1.54, 1.807) is 5.38 Å². The molecular formula is C10H14N2O2S. The summed E-state index contributed by atoms with van der Waals surface area (Å²) in [5.74, 6) is -0.936. The monoisotopic (exact) mass is 226 g/mol. The van der Waals surface area contributed by atoms with Crippen LogP contribution in [-0.2, 0) is 6.42 Å². The molecule has 2 heterocycles. The van der Waals surface area contributed by atoms with Gasteiger partial charge in [-0.3, -0.25) is 0 Å². The van der Waals surface area contributed by atoms with E-state index in [1.807, 2.05) is 0 Å². The van der Waals surface area contributed by atoms with Gasteiger partial charge in [-0.1, -0.05) is 6.42 Å². The molecule has 2 rings (SSSR count). The molecule has 0 aliphatic carbocycles. The molecule has 0 saturated carbocycles. The summed E-state index contributed by atoms with van der Waals surface area (Å²) in [4.78, 5) is 14.7. The van der Waals surface area contributed by atoms with Gasteiger partial charge in [0.2, 0.25) is 0 Å². The minimum Gasteiger partial charge on any atom is -0.476 e. The number of nitrogens with one attached hydrogen (secondary N) is 1. The van der Waals surface area contributed by atoms with E-state index in [2.05, 4.69) is 10.3 Å². The molecule has 1 aromatic rings. The van der Waals surface area contributed by atoms with Crippen LogP contribution in [0, 0.1) is 0 Å². The van der Waals surface area contributed by atoms with Crippen LogP contribution in [0.5, 0.6) is 0 Å². The first-order valence-corrected chi connectivity index (χ1v) is 6.05. The minimum atomic E-state index is -0.936. The summed E-state index contributed by atoms with van der Waals surface area (Å²) in [5.41, 5.74) is 0.172. The molecule has 4 nitrogen and oxygen atoms in total. The van der Waals surface area contributed by atoms with Crippen LogP contribution in [0.15, 0.2) is 5.38 Å². The number of hydrogen-bond donors (Lipinski definition) is 2. The number of carbonyl (C=O) groups is 1. The Labute approximate surface area is 92.3 Å². The van der Waals surface area contributed by atoms with E-state index in [0.29, 0.717) is 6.04 Å². The lowest BCUT2D eigenvalue weighted by molar-refractivity contribution is 0.0691. The predicted octanol–water partition coefficient (Wildman–Crippen LogP) is 1.53. The molecule has 0 aromatic carbocycles. The van der Waals surface area contributed by atoms with Crippen LogP contribution in [0.25, 0.3) is 0 Å². The van der Waals surface area contributed by atoms with E-state index >= 15 is 0 Å². The van der Waals surface area contributed by atoms with Gasteiger partial charge in [0.15, 0.2) is 5.69 Å². The maximum Gasteiger partial charge on any atom is 0.355 e. The normalized spacial score (nSPS) is 21.5. The summed E-state index contributed by atoms with van der Waals surface area (Å²) in [5, 5.41) is 14.7. The molecule has 5 heteroatoms. The van der Waals surface area contributed by atoms with Crippen LogP contribution >= 0.6 is 11.3 Å². The molecule has 1 atom stereocenters. The second-order valence-corrected chi connectivity index (χ2v) is 4.73. The molecule has 0 spiro atoms. The topological polar surface area (TPSA) is 62.2 Å². The maximum absolute atomic E-state index is 10.6. The number of aromatic carboxylic acids is 1. The van der Waals surface area contributed by atoms with Crippen molar-refractivity contribution in [3.05, 3.63) is 16.1 Å². The average molecular weight is 226 g/mol. The molecular weight excluding hydrogens is 212 g/mol. The average Bonchev–Trinajstić information content (AvgIpc) is 2.68. The molecule has 1 saturated heterocycles. The highest BCUT2D eigenvalue weighted by atomic mass is 32.1. The first-order valence-electron chi connectivity index (χ1n) is 5.17. The van der Waals surface area contributed by atoms with Gasteiger partial charge in [0, 0.05) is 17.8 Å². The Balaban J connectivity index is 1.94. The summed E-state index contributed by atoms with van der Waals surface area (Å²) < 4.78 is 0. The van der Waals surface area contributed by atoms with Crippen molar-refractivity contribution in [1.82, 2.24) is 10.3 Å². The molecule has 1 fully saturated rings. The quantitative estimate of drug-likeness (QED) is 0.820. The van der Waals surface area contributed by atoms with Gasteiger partial charge in [0.05, 0.1) is 5.01 Å². The van der Waals surface area contributed by atoms with Gasteiger partial charge in [-0.15, -0.1) is 11.3 Å². The number of piperidine rings is 1. The Morgan fingerprint density at radius 1 is 1.67 bits per heavy atom. The van der Waals surface area contributed by atoms with E-state index in [4.69, 9.17) is 5.11 Å². The van der Waals surface area contributed by atoms with Crippen molar-refractivity contribution in [2.75, 3.05) is 6.54 Å². The zero-order chi connectivity index (χ0) is 10.7. The number of nitrogens with zero attached hydrogens (tertiary/aromatic N) is 1. The van der Waals surface area contributed by atoms with E-state index < -0.39 is 5.97 Å². The Morgan fingerprint density at radius 3 is 3.13 bits per heavy atom. The summed E-state index contributed by atoms with van der Waals surface area (Å²) in [7, 11) is 0. The smallest absolute Gasteiger partial charge is 0.355 e. The van der Waals surface area contributed by atoms with E-state index in [0.717, 1.165) is 18.0 Å². The minimum absolute atomic E-state index is 0.172. The molecule has 1 aromatic heterocycles. The number of carboxylic acids is 1. The van der Waals surface area contributed by atoms with Crippen LogP contribution in [0.4, 0.5) is 0 Å². The first-order chi connectivity index (χ1) is 7.25. The number of hydrogen-bond acceptors (Lipinski definition) is 4. The molecule has 82 valence electrons. The van der Waals surface area contributed by atoms with Gasteiger partial charge in [-0.05, 0) is 19.4 Å². The van der Waals surface area contributed by atoms with Crippen LogP contribution < -0.4 is 5.32 Å². The lowest BCUT2D eigenvalue weighted by Crippen LogP contribution is -2.35. The van der Waals surface area contributed by atoms with Gasteiger partial charge >= 0.3 is 5.97 Å². The fourth-order valence-electron chi connectivity index (χ4n) is 1.81. The number of aromatic nitrogens is 1. The SMILES string of the molecule is O=C(O)c1csc(CC2CCCCN2)n1. The fourth-order valence-corrected chi connectivity index (χ4v) is 2.66. The molecule has 1 aliphatic rings. The van der Waals surface area contributed by atoms with Crippen molar-refractivity contribution in [1.29, 1.82) is 0 Å². The van der Waals surface area contributed by atoms with E-state index in [9.17, 15) is 4.79 Å². The molecule has 2 N–H and O–H groups in total. The molecule has 0 bridgehead atoms. The number of carboxylic acid groups (broad SMARTS) is 1. The van der Waals surface area contributed by atoms with Crippen molar-refractivity contribution in [2.45, 2.75) is 31.7 Å². The third-order valence-corrected chi connectivity index (χ3v) is 3.48. The zero-order valence-corrected chi connectivity index (χ0v) is 9.22. The van der Waals surface area contributed by atoms with Crippen molar-refractivity contribution in [2.24, 2.45) is 0 Å². The highest BCUT2D eigenvalue weighted by Gasteiger charge is 2.16. The lowest BCUT2D eigenvalue weighted by atomic mass is 10.0. The predicted molar refractivity (Wildman–Crippen MR) is 58.4 cm³/mol. The second-order valence-electron chi connectivity index (χ2n) is 3.78. The summed E-state index contributed by atoms with van der Waals surface area (Å²) in [6.45, 7) is 1.07. The Hall–Kier alpha value is -0.940. The van der Waals surface area contributed by atoms with Gasteiger partial charge in [0.1, 0.15) is 0 Å². The molecule has 1 unspecified atom stereocenters. The van der Waals surface area contributed by atoms with Gasteiger partial charge in [0.25, 0.3) is 0 Å². The summed E-state index contributed by atoms with van der Waals surface area (Å²) >= 11 is 1.44. The van der Waals surface area contributed by atoms with Crippen LogP contribution in [0.2, 0.25) is 0 Å². The molecule has 0 amide bonds. The van der Waals surface area contributed by atoms with Crippen LogP contribution in [0.1, 0.15) is 34.8 Å².